The van der Waals surface area contributed by atoms with Gasteiger partial charge in [-0.15, -0.1) is 0 Å². The van der Waals surface area contributed by atoms with Gasteiger partial charge in [-0.05, 0) is 18.4 Å². The van der Waals surface area contributed by atoms with Crippen molar-refractivity contribution in [3.8, 4) is 0 Å². The summed E-state index contributed by atoms with van der Waals surface area (Å²) in [4.78, 5) is 32.7. The summed E-state index contributed by atoms with van der Waals surface area (Å²) in [5, 5.41) is 22.0. The number of carboxylic acid groups (broad SMARTS) is 2. The Hall–Kier alpha value is -2.57. The Morgan fingerprint density at radius 1 is 1.10 bits per heavy atom. The highest BCUT2D eigenvalue weighted by atomic mass is 16.4. The first kappa shape index (κ1) is 16.5. The summed E-state index contributed by atoms with van der Waals surface area (Å²) < 4.78 is 0. The van der Waals surface area contributed by atoms with E-state index in [1.54, 1.807) is 0 Å². The quantitative estimate of drug-likeness (QED) is 0.530. The highest BCUT2D eigenvalue weighted by Gasteiger charge is 2.22. The molecule has 0 aliphatic carbocycles. The minimum Gasteiger partial charge on any atom is -0.481 e. The zero-order valence-corrected chi connectivity index (χ0v) is 11.4. The molecule has 2 amide bonds. The number of carbonyl (C=O) groups excluding carboxylic acids is 1. The van der Waals surface area contributed by atoms with Gasteiger partial charge in [0.15, 0.2) is 0 Å². The molecule has 21 heavy (non-hydrogen) atoms. The molecule has 114 valence electrons. The van der Waals surface area contributed by atoms with Crippen LogP contribution in [-0.2, 0) is 16.0 Å². The predicted octanol–water partition coefficient (Wildman–Crippen LogP) is 0.846. The van der Waals surface area contributed by atoms with Crippen molar-refractivity contribution in [3.63, 3.8) is 0 Å². The molecule has 0 bridgehead atoms. The molecule has 0 spiro atoms. The summed E-state index contributed by atoms with van der Waals surface area (Å²) in [7, 11) is 0. The van der Waals surface area contributed by atoms with E-state index >= 15 is 0 Å². The standard InChI is InChI=1S/C14H18N2O5/c17-12(18)9-11(13(19)20)16-14(21)15-8-4-7-10-5-2-1-3-6-10/h1-3,5-6,11H,4,7-9H2,(H,17,18)(H,19,20)(H2,15,16,21)/t11-/m1/s1. The van der Waals surface area contributed by atoms with E-state index < -0.39 is 30.4 Å². The van der Waals surface area contributed by atoms with E-state index in [0.29, 0.717) is 13.0 Å². The number of benzene rings is 1. The maximum absolute atomic E-state index is 11.5. The number of carbonyl (C=O) groups is 3. The Bertz CT molecular complexity index is 489. The number of urea groups is 1. The molecule has 0 fully saturated rings. The van der Waals surface area contributed by atoms with E-state index in [4.69, 9.17) is 10.2 Å². The van der Waals surface area contributed by atoms with Gasteiger partial charge < -0.3 is 20.8 Å². The summed E-state index contributed by atoms with van der Waals surface area (Å²) in [6.45, 7) is 0.375. The lowest BCUT2D eigenvalue weighted by atomic mass is 10.1. The SMILES string of the molecule is O=C(O)C[C@@H](NC(=O)NCCCc1ccccc1)C(=O)O. The first-order valence-electron chi connectivity index (χ1n) is 6.52. The van der Waals surface area contributed by atoms with Crippen LogP contribution in [0.15, 0.2) is 30.3 Å². The lowest BCUT2D eigenvalue weighted by molar-refractivity contribution is -0.145. The fourth-order valence-corrected chi connectivity index (χ4v) is 1.72. The molecule has 0 radical (unpaired) electrons. The van der Waals surface area contributed by atoms with Crippen molar-refractivity contribution in [1.29, 1.82) is 0 Å². The van der Waals surface area contributed by atoms with Gasteiger partial charge in [-0.1, -0.05) is 30.3 Å². The molecule has 0 unspecified atom stereocenters. The molecule has 1 aromatic carbocycles. The van der Waals surface area contributed by atoms with Crippen molar-refractivity contribution in [2.45, 2.75) is 25.3 Å². The van der Waals surface area contributed by atoms with Crippen molar-refractivity contribution >= 4 is 18.0 Å². The number of amides is 2. The number of aryl methyl sites for hydroxylation is 1. The zero-order chi connectivity index (χ0) is 15.7. The summed E-state index contributed by atoms with van der Waals surface area (Å²) in [5.41, 5.74) is 1.15. The molecule has 4 N–H and O–H groups in total. The average molecular weight is 294 g/mol. The van der Waals surface area contributed by atoms with Gasteiger partial charge in [0.1, 0.15) is 6.04 Å². The van der Waals surface area contributed by atoms with Crippen molar-refractivity contribution in [1.82, 2.24) is 10.6 Å². The molecule has 1 aromatic rings. The lowest BCUT2D eigenvalue weighted by Crippen LogP contribution is -2.47. The largest absolute Gasteiger partial charge is 0.481 e. The lowest BCUT2D eigenvalue weighted by Gasteiger charge is -2.13. The Labute approximate surface area is 122 Å². The molecule has 7 heteroatoms. The smallest absolute Gasteiger partial charge is 0.326 e. The Morgan fingerprint density at radius 2 is 1.76 bits per heavy atom. The van der Waals surface area contributed by atoms with Crippen LogP contribution in [0.25, 0.3) is 0 Å². The van der Waals surface area contributed by atoms with Gasteiger partial charge in [-0.25, -0.2) is 9.59 Å². The molecule has 0 saturated heterocycles. The first-order valence-corrected chi connectivity index (χ1v) is 6.52. The Kier molecular flexibility index (Phi) is 6.73. The molecule has 0 aliphatic rings. The summed E-state index contributed by atoms with van der Waals surface area (Å²) in [6, 6.07) is 7.62. The van der Waals surface area contributed by atoms with Gasteiger partial charge >= 0.3 is 18.0 Å². The highest BCUT2D eigenvalue weighted by Crippen LogP contribution is 2.01. The third kappa shape index (κ3) is 6.95. The summed E-state index contributed by atoms with van der Waals surface area (Å²) in [6.07, 6.45) is 0.833. The van der Waals surface area contributed by atoms with Crippen LogP contribution < -0.4 is 10.6 Å². The molecular formula is C14H18N2O5. The van der Waals surface area contributed by atoms with Crippen LogP contribution in [-0.4, -0.2) is 40.8 Å². The van der Waals surface area contributed by atoms with Crippen LogP contribution >= 0.6 is 0 Å². The second kappa shape index (κ2) is 8.57. The van der Waals surface area contributed by atoms with Crippen molar-refractivity contribution in [2.75, 3.05) is 6.54 Å². The molecule has 7 nitrogen and oxygen atoms in total. The van der Waals surface area contributed by atoms with Gasteiger partial charge in [-0.2, -0.15) is 0 Å². The maximum Gasteiger partial charge on any atom is 0.326 e. The second-order valence-corrected chi connectivity index (χ2v) is 4.48. The van der Waals surface area contributed by atoms with Crippen LogP contribution in [0.4, 0.5) is 4.79 Å². The second-order valence-electron chi connectivity index (χ2n) is 4.48. The van der Waals surface area contributed by atoms with E-state index in [0.717, 1.165) is 12.0 Å². The number of hydrogen-bond acceptors (Lipinski definition) is 3. The Morgan fingerprint density at radius 3 is 2.33 bits per heavy atom. The molecule has 0 aliphatic heterocycles. The van der Waals surface area contributed by atoms with Crippen LogP contribution in [0.2, 0.25) is 0 Å². The van der Waals surface area contributed by atoms with Crippen LogP contribution in [0.1, 0.15) is 18.4 Å². The van der Waals surface area contributed by atoms with Crippen molar-refractivity contribution < 1.29 is 24.6 Å². The molecular weight excluding hydrogens is 276 g/mol. The minimum absolute atomic E-state index is 0.375. The third-order valence-corrected chi connectivity index (χ3v) is 2.75. The topological polar surface area (TPSA) is 116 Å². The van der Waals surface area contributed by atoms with E-state index in [9.17, 15) is 14.4 Å². The number of nitrogens with one attached hydrogen (secondary N) is 2. The molecule has 0 aromatic heterocycles. The maximum atomic E-state index is 11.5. The summed E-state index contributed by atoms with van der Waals surface area (Å²) in [5.74, 6) is -2.66. The van der Waals surface area contributed by atoms with E-state index in [-0.39, 0.29) is 0 Å². The average Bonchev–Trinajstić information content (AvgIpc) is 2.43. The monoisotopic (exact) mass is 294 g/mol. The van der Waals surface area contributed by atoms with Crippen LogP contribution in [0, 0.1) is 0 Å². The molecule has 0 heterocycles. The molecule has 0 saturated carbocycles. The van der Waals surface area contributed by atoms with Gasteiger partial charge in [0.2, 0.25) is 0 Å². The minimum atomic E-state index is -1.43. The number of rotatable bonds is 8. The number of carboxylic acids is 2. The zero-order valence-electron chi connectivity index (χ0n) is 11.4. The molecule has 1 rings (SSSR count). The van der Waals surface area contributed by atoms with Gasteiger partial charge in [-0.3, -0.25) is 4.79 Å². The van der Waals surface area contributed by atoms with E-state index in [1.807, 2.05) is 30.3 Å². The number of aliphatic carboxylic acids is 2. The normalized spacial score (nSPS) is 11.4. The van der Waals surface area contributed by atoms with Crippen molar-refractivity contribution in [3.05, 3.63) is 35.9 Å². The predicted molar refractivity (Wildman–Crippen MR) is 75.0 cm³/mol. The van der Waals surface area contributed by atoms with Gasteiger partial charge in [0, 0.05) is 6.54 Å². The fourth-order valence-electron chi connectivity index (χ4n) is 1.72. The summed E-state index contributed by atoms with van der Waals surface area (Å²) >= 11 is 0. The van der Waals surface area contributed by atoms with Crippen LogP contribution in [0.3, 0.4) is 0 Å². The first-order chi connectivity index (χ1) is 9.99. The van der Waals surface area contributed by atoms with E-state index in [1.165, 1.54) is 0 Å². The molecule has 1 atom stereocenters. The Balaban J connectivity index is 2.26. The fraction of sp³-hybridized carbons (Fsp3) is 0.357. The van der Waals surface area contributed by atoms with Gasteiger partial charge in [0.25, 0.3) is 0 Å². The highest BCUT2D eigenvalue weighted by molar-refractivity contribution is 5.86. The van der Waals surface area contributed by atoms with Crippen LogP contribution in [0.5, 0.6) is 0 Å². The van der Waals surface area contributed by atoms with Crippen molar-refractivity contribution in [2.24, 2.45) is 0 Å². The van der Waals surface area contributed by atoms with Gasteiger partial charge in [0.05, 0.1) is 6.42 Å². The number of hydrogen-bond donors (Lipinski definition) is 4. The third-order valence-electron chi connectivity index (χ3n) is 2.75. The van der Waals surface area contributed by atoms with E-state index in [2.05, 4.69) is 10.6 Å².